The second-order valence-electron chi connectivity index (χ2n) is 13.2. The van der Waals surface area contributed by atoms with Crippen LogP contribution < -0.4 is 15.0 Å². The molecule has 1 saturated carbocycles. The minimum absolute atomic E-state index is 0. The number of piperazine rings is 1. The zero-order chi connectivity index (χ0) is 32.9. The summed E-state index contributed by atoms with van der Waals surface area (Å²) in [5.41, 5.74) is 5.15. The number of β-amino-alcohol motifs (C(OH)–C–C–N with tert-alkyl or cyclic N) is 1. The van der Waals surface area contributed by atoms with Gasteiger partial charge >= 0.3 is 0 Å². The van der Waals surface area contributed by atoms with E-state index >= 15 is 0 Å². The van der Waals surface area contributed by atoms with Crippen molar-refractivity contribution in [2.24, 2.45) is 0 Å². The molecule has 1 atom stereocenters. The summed E-state index contributed by atoms with van der Waals surface area (Å²) < 4.78 is 11.5. The monoisotopic (exact) mass is 678 g/mol. The zero-order valence-electron chi connectivity index (χ0n) is 28.5. The fourth-order valence-electron chi connectivity index (χ4n) is 6.71. The number of oxazole rings is 1. The molecule has 1 saturated heterocycles. The second-order valence-corrected chi connectivity index (χ2v) is 13.2. The van der Waals surface area contributed by atoms with Gasteiger partial charge in [0, 0.05) is 70.3 Å². The number of Topliss-reactive ketones (excluding diaryl/α,β-unsaturated/α-hetero) is 1. The van der Waals surface area contributed by atoms with Gasteiger partial charge in [-0.25, -0.2) is 9.97 Å². The molecule has 0 radical (unpaired) electrons. The summed E-state index contributed by atoms with van der Waals surface area (Å²) in [6.07, 6.45) is 6.31. The molecule has 4 heterocycles. The number of aromatic nitrogens is 2. The highest BCUT2D eigenvalue weighted by Crippen LogP contribution is 2.31. The Labute approximate surface area is 290 Å². The van der Waals surface area contributed by atoms with Crippen molar-refractivity contribution in [3.05, 3.63) is 64.4 Å². The number of amides is 1. The number of hydrogen-bond donors (Lipinski definition) is 2. The van der Waals surface area contributed by atoms with E-state index in [1.807, 2.05) is 36.9 Å². The Balaban J connectivity index is 0.00000451. The van der Waals surface area contributed by atoms with E-state index in [9.17, 15) is 14.7 Å². The molecule has 48 heavy (non-hydrogen) atoms. The van der Waals surface area contributed by atoms with Gasteiger partial charge in [-0.3, -0.25) is 14.5 Å². The molecule has 0 bridgehead atoms. The number of hydrogen-bond acceptors (Lipinski definition) is 10. The van der Waals surface area contributed by atoms with E-state index in [-0.39, 0.29) is 31.6 Å². The molecule has 3 aliphatic rings. The number of pyridine rings is 1. The quantitative estimate of drug-likeness (QED) is 0.244. The predicted molar refractivity (Wildman–Crippen MR) is 190 cm³/mol. The first-order chi connectivity index (χ1) is 22.8. The van der Waals surface area contributed by atoms with Crippen LogP contribution in [0.3, 0.4) is 0 Å². The van der Waals surface area contributed by atoms with Crippen LogP contribution in [0.5, 0.6) is 5.75 Å². The van der Waals surface area contributed by atoms with E-state index in [4.69, 9.17) is 14.1 Å². The van der Waals surface area contributed by atoms with Crippen molar-refractivity contribution in [2.75, 3.05) is 49.5 Å². The van der Waals surface area contributed by atoms with Gasteiger partial charge in [0.05, 0.1) is 11.8 Å². The number of carbonyl (C=O) groups excluding carboxylic acids is 2. The van der Waals surface area contributed by atoms with Gasteiger partial charge in [0.25, 0.3) is 0 Å². The Bertz CT molecular complexity index is 1570. The number of aliphatic hydroxyl groups is 1. The molecule has 0 unspecified atom stereocenters. The SMILES string of the molecule is CCC(=O)N1CCN(c2cc(C(=O)CC[C@H](O)CN3CCc4c(ccc(OCc5ocnc5C)c4C)C3)cc(NC3CCC3)n2)CC1.S. The summed E-state index contributed by atoms with van der Waals surface area (Å²) in [5.74, 6) is 3.26. The summed E-state index contributed by atoms with van der Waals surface area (Å²) in [5, 5.41) is 14.5. The molecule has 2 N–H and O–H groups in total. The summed E-state index contributed by atoms with van der Waals surface area (Å²) >= 11 is 0. The van der Waals surface area contributed by atoms with Gasteiger partial charge in [-0.05, 0) is 80.8 Å². The maximum atomic E-state index is 13.5. The highest BCUT2D eigenvalue weighted by atomic mass is 32.1. The van der Waals surface area contributed by atoms with Crippen molar-refractivity contribution >= 4 is 36.8 Å². The van der Waals surface area contributed by atoms with Crippen molar-refractivity contribution in [2.45, 2.75) is 91.0 Å². The molecule has 1 amide bonds. The first kappa shape index (κ1) is 35.7. The van der Waals surface area contributed by atoms with Crippen molar-refractivity contribution < 1.29 is 23.8 Å². The maximum Gasteiger partial charge on any atom is 0.222 e. The van der Waals surface area contributed by atoms with Gasteiger partial charge in [-0.2, -0.15) is 13.5 Å². The zero-order valence-corrected chi connectivity index (χ0v) is 29.5. The van der Waals surface area contributed by atoms with Crippen LogP contribution in [0.25, 0.3) is 0 Å². The number of aryl methyl sites for hydroxylation is 1. The third kappa shape index (κ3) is 8.51. The van der Waals surface area contributed by atoms with E-state index in [1.54, 1.807) is 0 Å². The van der Waals surface area contributed by atoms with Crippen molar-refractivity contribution in [1.29, 1.82) is 0 Å². The summed E-state index contributed by atoms with van der Waals surface area (Å²) in [6.45, 7) is 11.0. The fraction of sp³-hybridized carbons (Fsp3) is 0.556. The molecule has 3 aromatic rings. The van der Waals surface area contributed by atoms with Crippen LogP contribution >= 0.6 is 13.5 Å². The number of aliphatic hydroxyl groups excluding tert-OH is 1. The Hall–Kier alpha value is -3.61. The van der Waals surface area contributed by atoms with Crippen molar-refractivity contribution in [1.82, 2.24) is 19.8 Å². The number of benzene rings is 1. The third-order valence-corrected chi connectivity index (χ3v) is 9.94. The smallest absolute Gasteiger partial charge is 0.222 e. The molecule has 6 rings (SSSR count). The van der Waals surface area contributed by atoms with Crippen LogP contribution in [0.15, 0.2) is 35.1 Å². The van der Waals surface area contributed by atoms with Gasteiger partial charge in [-0.15, -0.1) is 0 Å². The van der Waals surface area contributed by atoms with E-state index in [0.29, 0.717) is 63.8 Å². The van der Waals surface area contributed by atoms with Crippen LogP contribution in [0.1, 0.15) is 84.0 Å². The minimum Gasteiger partial charge on any atom is -0.485 e. The largest absolute Gasteiger partial charge is 0.485 e. The number of ketones is 1. The molecule has 11 nitrogen and oxygen atoms in total. The van der Waals surface area contributed by atoms with E-state index in [1.165, 1.54) is 23.9 Å². The number of rotatable bonds is 13. The Morgan fingerprint density at radius 2 is 1.92 bits per heavy atom. The van der Waals surface area contributed by atoms with E-state index < -0.39 is 6.10 Å². The highest BCUT2D eigenvalue weighted by Gasteiger charge is 2.25. The molecule has 260 valence electrons. The maximum absolute atomic E-state index is 13.5. The predicted octanol–water partition coefficient (Wildman–Crippen LogP) is 4.78. The van der Waals surface area contributed by atoms with Crippen LogP contribution in [0, 0.1) is 13.8 Å². The first-order valence-electron chi connectivity index (χ1n) is 17.2. The van der Waals surface area contributed by atoms with Crippen LogP contribution in [-0.2, 0) is 24.4 Å². The van der Waals surface area contributed by atoms with Gasteiger partial charge in [0.2, 0.25) is 5.91 Å². The molecule has 2 aliphatic heterocycles. The van der Waals surface area contributed by atoms with Crippen LogP contribution in [-0.4, -0.2) is 88.0 Å². The Kier molecular flexibility index (Phi) is 12.0. The summed E-state index contributed by atoms with van der Waals surface area (Å²) in [7, 11) is 0. The molecule has 1 aliphatic carbocycles. The third-order valence-electron chi connectivity index (χ3n) is 9.94. The lowest BCUT2D eigenvalue weighted by molar-refractivity contribution is -0.131. The fourth-order valence-corrected chi connectivity index (χ4v) is 6.71. The minimum atomic E-state index is -0.604. The Morgan fingerprint density at radius 3 is 2.60 bits per heavy atom. The summed E-state index contributed by atoms with van der Waals surface area (Å²) in [6, 6.07) is 8.27. The molecular weight excluding hydrogens is 629 g/mol. The van der Waals surface area contributed by atoms with Gasteiger partial charge in [-0.1, -0.05) is 13.0 Å². The molecule has 12 heteroatoms. The normalized spacial score (nSPS) is 17.2. The molecule has 1 aromatic carbocycles. The number of fused-ring (bicyclic) bond motifs is 1. The number of ether oxygens (including phenoxy) is 1. The van der Waals surface area contributed by atoms with Crippen LogP contribution in [0.2, 0.25) is 0 Å². The first-order valence-corrected chi connectivity index (χ1v) is 17.2. The van der Waals surface area contributed by atoms with E-state index in [0.717, 1.165) is 66.8 Å². The molecule has 2 fully saturated rings. The number of anilines is 2. The number of nitrogens with one attached hydrogen (secondary N) is 1. The highest BCUT2D eigenvalue weighted by molar-refractivity contribution is 7.59. The molecule has 2 aromatic heterocycles. The second kappa shape index (κ2) is 16.2. The van der Waals surface area contributed by atoms with Gasteiger partial charge in [0.15, 0.2) is 17.9 Å². The average molecular weight is 679 g/mol. The van der Waals surface area contributed by atoms with Gasteiger partial charge in [0.1, 0.15) is 24.0 Å². The topological polar surface area (TPSA) is 124 Å². The standard InChI is InChI=1S/C36H48N6O5.H2S/c1-4-36(45)42-16-14-41(15-17-42)35-19-27(18-34(39-35)38-28-6-5-7-28)31(44)10-9-29(43)21-40-13-12-30-24(2)32(11-8-26(30)20-40)46-22-33-25(3)37-23-47-33;/h8,11,18-19,23,28-29,43H,4-7,9-10,12-17,20-22H2,1-3H3,(H,38,39);1H2/t29-;/m0./s1. The van der Waals surface area contributed by atoms with Crippen molar-refractivity contribution in [3.8, 4) is 5.75 Å². The summed E-state index contributed by atoms with van der Waals surface area (Å²) in [4.78, 5) is 41.0. The average Bonchev–Trinajstić information content (AvgIpc) is 3.48. The molecule has 0 spiro atoms. The van der Waals surface area contributed by atoms with Gasteiger partial charge < -0.3 is 29.4 Å². The number of nitrogens with zero attached hydrogens (tertiary/aromatic N) is 5. The van der Waals surface area contributed by atoms with Crippen molar-refractivity contribution in [3.63, 3.8) is 0 Å². The van der Waals surface area contributed by atoms with E-state index in [2.05, 4.69) is 33.1 Å². The lowest BCUT2D eigenvalue weighted by Crippen LogP contribution is -2.49. The number of carbonyl (C=O) groups is 2. The molecular formula is C36H50N6O5S. The van der Waals surface area contributed by atoms with Crippen LogP contribution in [0.4, 0.5) is 11.6 Å². The lowest BCUT2D eigenvalue weighted by atomic mass is 9.93. The lowest BCUT2D eigenvalue weighted by Gasteiger charge is -2.36. The Morgan fingerprint density at radius 1 is 1.12 bits per heavy atom.